The fourth-order valence-corrected chi connectivity index (χ4v) is 4.47. The zero-order valence-corrected chi connectivity index (χ0v) is 16.9. The first-order valence-electron chi connectivity index (χ1n) is 9.03. The third-order valence-corrected chi connectivity index (χ3v) is 6.24. The van der Waals surface area contributed by atoms with Crippen LogP contribution in [0.3, 0.4) is 0 Å². The number of anilines is 1. The summed E-state index contributed by atoms with van der Waals surface area (Å²) in [6, 6.07) is 21.5. The number of hydrogen-bond acceptors (Lipinski definition) is 4. The number of nitrogens with zero attached hydrogens (tertiary/aromatic N) is 3. The third-order valence-electron chi connectivity index (χ3n) is 4.52. The lowest BCUT2D eigenvalue weighted by Gasteiger charge is -2.11. The van der Waals surface area contributed by atoms with E-state index >= 15 is 0 Å². The predicted octanol–water partition coefficient (Wildman–Crippen LogP) is 3.74. The summed E-state index contributed by atoms with van der Waals surface area (Å²) >= 11 is 0. The zero-order chi connectivity index (χ0) is 20.4. The molecule has 144 valence electrons. The van der Waals surface area contributed by atoms with Gasteiger partial charge in [-0.1, -0.05) is 24.1 Å². The number of rotatable bonds is 3. The largest absolute Gasteiger partial charge is 0.378 e. The molecule has 29 heavy (non-hydrogen) atoms. The lowest BCUT2D eigenvalue weighted by molar-refractivity contribution is 0.588. The van der Waals surface area contributed by atoms with Crippen molar-refractivity contribution in [2.24, 2.45) is 0 Å². The normalized spacial score (nSPS) is 11.1. The summed E-state index contributed by atoms with van der Waals surface area (Å²) in [4.78, 5) is 6.49. The predicted molar refractivity (Wildman–Crippen MR) is 116 cm³/mol. The lowest BCUT2D eigenvalue weighted by atomic mass is 10.2. The molecule has 0 saturated carbocycles. The van der Waals surface area contributed by atoms with Crippen molar-refractivity contribution in [2.75, 3.05) is 19.0 Å². The van der Waals surface area contributed by atoms with Crippen LogP contribution in [0, 0.1) is 11.8 Å². The summed E-state index contributed by atoms with van der Waals surface area (Å²) in [6.07, 6.45) is 1.58. The van der Waals surface area contributed by atoms with Gasteiger partial charge < -0.3 is 4.90 Å². The van der Waals surface area contributed by atoms with E-state index in [0.29, 0.717) is 11.3 Å². The number of benzene rings is 2. The Balaban J connectivity index is 1.85. The third kappa shape index (κ3) is 3.60. The molecule has 2 heterocycles. The Kier molecular flexibility index (Phi) is 4.83. The van der Waals surface area contributed by atoms with Crippen molar-refractivity contribution in [3.63, 3.8) is 0 Å². The van der Waals surface area contributed by atoms with Crippen LogP contribution in [0.4, 0.5) is 5.69 Å². The average Bonchev–Trinajstić information content (AvgIpc) is 3.12. The van der Waals surface area contributed by atoms with E-state index in [1.807, 2.05) is 49.3 Å². The van der Waals surface area contributed by atoms with E-state index in [1.165, 1.54) is 3.97 Å². The van der Waals surface area contributed by atoms with Gasteiger partial charge in [-0.2, -0.15) is 0 Å². The van der Waals surface area contributed by atoms with Crippen LogP contribution in [0.1, 0.15) is 11.3 Å². The minimum atomic E-state index is -3.83. The molecule has 5 nitrogen and oxygen atoms in total. The highest BCUT2D eigenvalue weighted by Crippen LogP contribution is 2.24. The summed E-state index contributed by atoms with van der Waals surface area (Å²) in [5.74, 6) is 6.09. The van der Waals surface area contributed by atoms with Gasteiger partial charge in [0.15, 0.2) is 5.65 Å². The highest BCUT2D eigenvalue weighted by atomic mass is 32.2. The zero-order valence-electron chi connectivity index (χ0n) is 16.1. The Morgan fingerprint density at radius 3 is 2.31 bits per heavy atom. The molecule has 0 aliphatic carbocycles. The van der Waals surface area contributed by atoms with Gasteiger partial charge in [0.1, 0.15) is 5.69 Å². The molecule has 0 spiro atoms. The molecule has 2 aromatic carbocycles. The lowest BCUT2D eigenvalue weighted by Crippen LogP contribution is -2.15. The van der Waals surface area contributed by atoms with Gasteiger partial charge in [0.05, 0.1) is 4.90 Å². The number of aromatic nitrogens is 2. The Morgan fingerprint density at radius 2 is 1.62 bits per heavy atom. The fraction of sp³-hybridized carbons (Fsp3) is 0.0870. The Hall–Kier alpha value is -3.56. The minimum Gasteiger partial charge on any atom is -0.378 e. The van der Waals surface area contributed by atoms with Crippen molar-refractivity contribution in [3.8, 4) is 11.8 Å². The van der Waals surface area contributed by atoms with Gasteiger partial charge in [-0.05, 0) is 60.5 Å². The van der Waals surface area contributed by atoms with Crippen LogP contribution >= 0.6 is 0 Å². The van der Waals surface area contributed by atoms with E-state index in [9.17, 15) is 8.42 Å². The number of hydrogen-bond donors (Lipinski definition) is 0. The Bertz CT molecular complexity index is 1330. The molecular formula is C23H19N3O2S. The van der Waals surface area contributed by atoms with Crippen LogP contribution in [0.5, 0.6) is 0 Å². The van der Waals surface area contributed by atoms with Crippen LogP contribution in [0.15, 0.2) is 83.9 Å². The Morgan fingerprint density at radius 1 is 0.897 bits per heavy atom. The first-order valence-corrected chi connectivity index (χ1v) is 10.5. The number of fused-ring (bicyclic) bond motifs is 1. The molecule has 0 amide bonds. The molecule has 2 aromatic heterocycles. The molecule has 0 atom stereocenters. The molecule has 4 rings (SSSR count). The van der Waals surface area contributed by atoms with Gasteiger partial charge in [0.25, 0.3) is 10.0 Å². The van der Waals surface area contributed by atoms with E-state index < -0.39 is 10.0 Å². The minimum absolute atomic E-state index is 0.196. The van der Waals surface area contributed by atoms with Crippen molar-refractivity contribution in [1.29, 1.82) is 0 Å². The summed E-state index contributed by atoms with van der Waals surface area (Å²) < 4.78 is 27.8. The molecule has 0 aliphatic heterocycles. The first kappa shape index (κ1) is 18.8. The van der Waals surface area contributed by atoms with Crippen LogP contribution < -0.4 is 4.90 Å². The molecule has 0 N–H and O–H groups in total. The highest BCUT2D eigenvalue weighted by Gasteiger charge is 2.22. The number of pyridine rings is 1. The maximum atomic E-state index is 13.3. The summed E-state index contributed by atoms with van der Waals surface area (Å²) in [5, 5.41) is 0.722. The second kappa shape index (κ2) is 7.46. The van der Waals surface area contributed by atoms with Gasteiger partial charge in [-0.15, -0.1) is 0 Å². The van der Waals surface area contributed by atoms with Gasteiger partial charge in [0, 0.05) is 36.9 Å². The van der Waals surface area contributed by atoms with Crippen LogP contribution in [-0.2, 0) is 10.0 Å². The van der Waals surface area contributed by atoms with Crippen molar-refractivity contribution in [3.05, 3.63) is 90.3 Å². The van der Waals surface area contributed by atoms with Crippen molar-refractivity contribution in [1.82, 2.24) is 8.96 Å². The van der Waals surface area contributed by atoms with Crippen molar-refractivity contribution in [2.45, 2.75) is 4.90 Å². The maximum Gasteiger partial charge on any atom is 0.270 e. The topological polar surface area (TPSA) is 55.2 Å². The molecule has 0 unspecified atom stereocenters. The van der Waals surface area contributed by atoms with Crippen molar-refractivity contribution >= 4 is 26.7 Å². The SMILES string of the molecule is CN(C)c1ccc(C#Cc2cc3cccnc3n2S(=O)(=O)c2ccccc2)cc1. The summed E-state index contributed by atoms with van der Waals surface area (Å²) in [6.45, 7) is 0. The van der Waals surface area contributed by atoms with Gasteiger partial charge in [0.2, 0.25) is 0 Å². The van der Waals surface area contributed by atoms with E-state index in [1.54, 1.807) is 48.7 Å². The standard InChI is InChI=1S/C23H19N3O2S/c1-25(2)20-13-10-18(11-14-20)12-15-21-17-19-7-6-16-24-23(19)26(21)29(27,28)22-8-4-3-5-9-22/h3-11,13-14,16-17H,1-2H3. The van der Waals surface area contributed by atoms with E-state index in [4.69, 9.17) is 0 Å². The maximum absolute atomic E-state index is 13.3. The molecule has 0 radical (unpaired) electrons. The second-order valence-corrected chi connectivity index (χ2v) is 8.51. The average molecular weight is 401 g/mol. The van der Waals surface area contributed by atoms with E-state index in [2.05, 4.69) is 16.8 Å². The fourth-order valence-electron chi connectivity index (χ4n) is 3.02. The van der Waals surface area contributed by atoms with Gasteiger partial charge in [-0.3, -0.25) is 0 Å². The van der Waals surface area contributed by atoms with E-state index in [0.717, 1.165) is 16.6 Å². The summed E-state index contributed by atoms with van der Waals surface area (Å²) in [7, 11) is 0.115. The van der Waals surface area contributed by atoms with Crippen LogP contribution in [-0.4, -0.2) is 31.5 Å². The van der Waals surface area contributed by atoms with E-state index in [-0.39, 0.29) is 4.90 Å². The van der Waals surface area contributed by atoms with Gasteiger partial charge >= 0.3 is 0 Å². The molecule has 4 aromatic rings. The molecule has 0 bridgehead atoms. The molecule has 0 fully saturated rings. The second-order valence-electron chi connectivity index (χ2n) is 6.72. The highest BCUT2D eigenvalue weighted by molar-refractivity contribution is 7.90. The van der Waals surface area contributed by atoms with Gasteiger partial charge in [-0.25, -0.2) is 17.4 Å². The molecule has 0 aliphatic rings. The Labute approximate surface area is 170 Å². The van der Waals surface area contributed by atoms with Crippen LogP contribution in [0.25, 0.3) is 11.0 Å². The quantitative estimate of drug-likeness (QED) is 0.491. The monoisotopic (exact) mass is 401 g/mol. The first-order chi connectivity index (χ1) is 14.0. The van der Waals surface area contributed by atoms with Crippen LogP contribution in [0.2, 0.25) is 0 Å². The smallest absolute Gasteiger partial charge is 0.270 e. The molecule has 0 saturated heterocycles. The van der Waals surface area contributed by atoms with Crippen molar-refractivity contribution < 1.29 is 8.42 Å². The molecular weight excluding hydrogens is 382 g/mol. The summed E-state index contributed by atoms with van der Waals surface area (Å²) in [5.41, 5.74) is 2.61. The molecule has 6 heteroatoms.